The van der Waals surface area contributed by atoms with Crippen LogP contribution in [0.4, 0.5) is 0 Å². The number of nitrogens with zero attached hydrogens (tertiary/aromatic N) is 4. The highest BCUT2D eigenvalue weighted by Crippen LogP contribution is 2.23. The normalized spacial score (nSPS) is 13.3. The number of aromatic nitrogens is 4. The Bertz CT molecular complexity index is 1090. The molecule has 0 atom stereocenters. The highest BCUT2D eigenvalue weighted by molar-refractivity contribution is 5.92. The molecular formula is C20H17N5O. The summed E-state index contributed by atoms with van der Waals surface area (Å²) in [5.41, 5.74) is 5.77. The molecule has 0 radical (unpaired) electrons. The standard InChI is InChI=1S/C20H17N5O/c26-20(24-10-14-5-1-2-6-15(14)11-24)18-9-16(22-23-18)12-25-13-21-17-7-3-4-8-19(17)25/h1-9,13H,10-12H2,(H,22,23). The molecule has 5 rings (SSSR count). The molecule has 4 aromatic rings. The zero-order valence-corrected chi connectivity index (χ0v) is 14.1. The van der Waals surface area contributed by atoms with Crippen molar-refractivity contribution in [2.45, 2.75) is 19.6 Å². The number of carbonyl (C=O) groups is 1. The van der Waals surface area contributed by atoms with Crippen molar-refractivity contribution in [2.75, 3.05) is 0 Å². The predicted octanol–water partition coefficient (Wildman–Crippen LogP) is 2.96. The van der Waals surface area contributed by atoms with Crippen molar-refractivity contribution in [2.24, 2.45) is 0 Å². The van der Waals surface area contributed by atoms with Gasteiger partial charge in [-0.05, 0) is 29.3 Å². The summed E-state index contributed by atoms with van der Waals surface area (Å²) in [7, 11) is 0. The van der Waals surface area contributed by atoms with Gasteiger partial charge in [0, 0.05) is 13.1 Å². The maximum Gasteiger partial charge on any atom is 0.274 e. The Morgan fingerprint density at radius 3 is 2.58 bits per heavy atom. The number of imidazole rings is 1. The predicted molar refractivity (Wildman–Crippen MR) is 97.4 cm³/mol. The monoisotopic (exact) mass is 343 g/mol. The van der Waals surface area contributed by atoms with Crippen molar-refractivity contribution in [3.05, 3.63) is 83.4 Å². The second-order valence-electron chi connectivity index (χ2n) is 6.57. The van der Waals surface area contributed by atoms with Crippen molar-refractivity contribution in [3.8, 4) is 0 Å². The Kier molecular flexibility index (Phi) is 3.35. The van der Waals surface area contributed by atoms with Crippen molar-refractivity contribution >= 4 is 16.9 Å². The number of H-pyrrole nitrogens is 1. The first kappa shape index (κ1) is 14.9. The van der Waals surface area contributed by atoms with Crippen LogP contribution in [0.3, 0.4) is 0 Å². The van der Waals surface area contributed by atoms with Gasteiger partial charge >= 0.3 is 0 Å². The van der Waals surface area contributed by atoms with Crippen LogP contribution in [0.15, 0.2) is 60.9 Å². The number of nitrogens with one attached hydrogen (secondary N) is 1. The first-order valence-electron chi connectivity index (χ1n) is 8.58. The number of rotatable bonds is 3. The van der Waals surface area contributed by atoms with Crippen LogP contribution in [-0.2, 0) is 19.6 Å². The molecule has 2 aromatic heterocycles. The lowest BCUT2D eigenvalue weighted by atomic mass is 10.1. The molecule has 0 saturated heterocycles. The van der Waals surface area contributed by atoms with Crippen LogP contribution in [0, 0.1) is 0 Å². The Morgan fingerprint density at radius 1 is 1.04 bits per heavy atom. The first-order chi connectivity index (χ1) is 12.8. The molecule has 0 bridgehead atoms. The molecule has 0 fully saturated rings. The van der Waals surface area contributed by atoms with E-state index in [1.54, 1.807) is 0 Å². The fourth-order valence-corrected chi connectivity index (χ4v) is 3.51. The number of aromatic amines is 1. The van der Waals surface area contributed by atoms with Crippen LogP contribution in [0.2, 0.25) is 0 Å². The second-order valence-corrected chi connectivity index (χ2v) is 6.57. The fraction of sp³-hybridized carbons (Fsp3) is 0.150. The summed E-state index contributed by atoms with van der Waals surface area (Å²) in [6, 6.07) is 18.0. The van der Waals surface area contributed by atoms with E-state index in [2.05, 4.69) is 27.3 Å². The molecule has 1 amide bonds. The van der Waals surface area contributed by atoms with Gasteiger partial charge in [-0.1, -0.05) is 36.4 Å². The van der Waals surface area contributed by atoms with Crippen LogP contribution >= 0.6 is 0 Å². The van der Waals surface area contributed by atoms with Gasteiger partial charge in [-0.3, -0.25) is 9.89 Å². The largest absolute Gasteiger partial charge is 0.329 e. The quantitative estimate of drug-likeness (QED) is 0.622. The molecule has 26 heavy (non-hydrogen) atoms. The van der Waals surface area contributed by atoms with Gasteiger partial charge in [-0.2, -0.15) is 5.10 Å². The zero-order chi connectivity index (χ0) is 17.5. The third kappa shape index (κ3) is 2.47. The maximum absolute atomic E-state index is 12.8. The average Bonchev–Trinajstić information content (AvgIpc) is 3.40. The van der Waals surface area contributed by atoms with E-state index in [0.717, 1.165) is 16.7 Å². The Balaban J connectivity index is 1.35. The van der Waals surface area contributed by atoms with E-state index in [0.29, 0.717) is 25.3 Å². The molecule has 0 spiro atoms. The molecule has 128 valence electrons. The lowest BCUT2D eigenvalue weighted by Crippen LogP contribution is -2.25. The number of hydrogen-bond donors (Lipinski definition) is 1. The number of hydrogen-bond acceptors (Lipinski definition) is 3. The molecule has 0 saturated carbocycles. The minimum Gasteiger partial charge on any atom is -0.329 e. The summed E-state index contributed by atoms with van der Waals surface area (Å²) >= 11 is 0. The average molecular weight is 343 g/mol. The fourth-order valence-electron chi connectivity index (χ4n) is 3.51. The Morgan fingerprint density at radius 2 is 1.77 bits per heavy atom. The summed E-state index contributed by atoms with van der Waals surface area (Å²) < 4.78 is 2.04. The molecule has 1 aliphatic heterocycles. The smallest absolute Gasteiger partial charge is 0.274 e. The zero-order valence-electron chi connectivity index (χ0n) is 14.1. The van der Waals surface area contributed by atoms with Gasteiger partial charge in [0.15, 0.2) is 5.69 Å². The summed E-state index contributed by atoms with van der Waals surface area (Å²) in [6.45, 7) is 1.88. The van der Waals surface area contributed by atoms with E-state index in [4.69, 9.17) is 0 Å². The molecule has 6 nitrogen and oxygen atoms in total. The van der Waals surface area contributed by atoms with Crippen molar-refractivity contribution in [1.82, 2.24) is 24.6 Å². The van der Waals surface area contributed by atoms with Crippen molar-refractivity contribution in [3.63, 3.8) is 0 Å². The van der Waals surface area contributed by atoms with Gasteiger partial charge in [-0.15, -0.1) is 0 Å². The van der Waals surface area contributed by atoms with E-state index in [-0.39, 0.29) is 5.91 Å². The van der Waals surface area contributed by atoms with Crippen LogP contribution < -0.4 is 0 Å². The molecule has 1 aliphatic rings. The molecule has 2 aromatic carbocycles. The summed E-state index contributed by atoms with van der Waals surface area (Å²) in [6.07, 6.45) is 1.81. The SMILES string of the molecule is O=C(c1cc(Cn2cnc3ccccc32)[nH]n1)N1Cc2ccccc2C1. The van der Waals surface area contributed by atoms with Gasteiger partial charge in [0.25, 0.3) is 5.91 Å². The summed E-state index contributed by atoms with van der Waals surface area (Å²) in [5.74, 6) is -0.0424. The molecule has 3 heterocycles. The van der Waals surface area contributed by atoms with Crippen LogP contribution in [0.1, 0.15) is 27.3 Å². The number of fused-ring (bicyclic) bond motifs is 2. The topological polar surface area (TPSA) is 66.8 Å². The van der Waals surface area contributed by atoms with E-state index in [1.165, 1.54) is 11.1 Å². The highest BCUT2D eigenvalue weighted by atomic mass is 16.2. The van der Waals surface area contributed by atoms with E-state index < -0.39 is 0 Å². The van der Waals surface area contributed by atoms with Crippen molar-refractivity contribution < 1.29 is 4.79 Å². The van der Waals surface area contributed by atoms with Crippen molar-refractivity contribution in [1.29, 1.82) is 0 Å². The third-order valence-electron chi connectivity index (χ3n) is 4.85. The lowest BCUT2D eigenvalue weighted by Gasteiger charge is -2.13. The highest BCUT2D eigenvalue weighted by Gasteiger charge is 2.25. The van der Waals surface area contributed by atoms with Gasteiger partial charge in [0.05, 0.1) is 29.6 Å². The van der Waals surface area contributed by atoms with E-state index in [1.807, 2.05) is 58.3 Å². The molecule has 6 heteroatoms. The number of benzene rings is 2. The van der Waals surface area contributed by atoms with Gasteiger partial charge in [0.1, 0.15) is 0 Å². The van der Waals surface area contributed by atoms with Gasteiger partial charge in [0.2, 0.25) is 0 Å². The summed E-state index contributed by atoms with van der Waals surface area (Å²) in [5, 5.41) is 7.22. The summed E-state index contributed by atoms with van der Waals surface area (Å²) in [4.78, 5) is 19.0. The minimum absolute atomic E-state index is 0.0424. The van der Waals surface area contributed by atoms with Gasteiger partial charge in [-0.25, -0.2) is 4.98 Å². The number of para-hydroxylation sites is 2. The molecular weight excluding hydrogens is 326 g/mol. The van der Waals surface area contributed by atoms with E-state index >= 15 is 0 Å². The van der Waals surface area contributed by atoms with Crippen LogP contribution in [0.25, 0.3) is 11.0 Å². The van der Waals surface area contributed by atoms with Crippen LogP contribution in [0.5, 0.6) is 0 Å². The lowest BCUT2D eigenvalue weighted by molar-refractivity contribution is 0.0745. The first-order valence-corrected chi connectivity index (χ1v) is 8.58. The molecule has 0 unspecified atom stereocenters. The van der Waals surface area contributed by atoms with E-state index in [9.17, 15) is 4.79 Å². The number of amides is 1. The van der Waals surface area contributed by atoms with Crippen LogP contribution in [-0.4, -0.2) is 30.6 Å². The molecule has 0 aliphatic carbocycles. The Labute approximate surface area is 150 Å². The maximum atomic E-state index is 12.8. The number of carbonyl (C=O) groups excluding carboxylic acids is 1. The Hall–Kier alpha value is -3.41. The third-order valence-corrected chi connectivity index (χ3v) is 4.85. The second kappa shape index (κ2) is 5.84. The van der Waals surface area contributed by atoms with Gasteiger partial charge < -0.3 is 9.47 Å². The molecule has 1 N–H and O–H groups in total. The minimum atomic E-state index is -0.0424.